The maximum atomic E-state index is 12.0. The highest BCUT2D eigenvalue weighted by Crippen LogP contribution is 2.22. The Morgan fingerprint density at radius 2 is 1.83 bits per heavy atom. The topological polar surface area (TPSA) is 43.4 Å². The summed E-state index contributed by atoms with van der Waals surface area (Å²) in [5.41, 5.74) is 2.49. The first kappa shape index (κ1) is 17.8. The van der Waals surface area contributed by atoms with Gasteiger partial charge >= 0.3 is 0 Å². The molecule has 1 aromatic rings. The van der Waals surface area contributed by atoms with Crippen LogP contribution in [0, 0.1) is 18.8 Å². The molecule has 1 aliphatic rings. The lowest BCUT2D eigenvalue weighted by molar-refractivity contribution is 0.309. The molecule has 0 aromatic heterocycles. The molecule has 0 saturated heterocycles. The molecule has 23 heavy (non-hydrogen) atoms. The second-order valence-corrected chi connectivity index (χ2v) is 7.49. The number of benzene rings is 1. The third kappa shape index (κ3) is 6.21. The summed E-state index contributed by atoms with van der Waals surface area (Å²) in [6.07, 6.45) is 9.33. The van der Waals surface area contributed by atoms with Gasteiger partial charge in [0.1, 0.15) is 0 Å². The molecule has 0 N–H and O–H groups in total. The number of aryl methyl sites for hydroxylation is 1. The monoisotopic (exact) mass is 332 g/mol. The van der Waals surface area contributed by atoms with Gasteiger partial charge < -0.3 is 0 Å². The Labute approximate surface area is 139 Å². The van der Waals surface area contributed by atoms with Crippen molar-refractivity contribution in [2.75, 3.05) is 6.61 Å². The van der Waals surface area contributed by atoms with Gasteiger partial charge in [0, 0.05) is 6.42 Å². The Hall–Kier alpha value is -1.57. The molecular weight excluding hydrogens is 308 g/mol. The van der Waals surface area contributed by atoms with Crippen LogP contribution in [-0.2, 0) is 14.3 Å². The fourth-order valence-electron chi connectivity index (χ4n) is 2.46. The van der Waals surface area contributed by atoms with E-state index in [0.29, 0.717) is 6.42 Å². The van der Waals surface area contributed by atoms with Crippen molar-refractivity contribution in [3.8, 4) is 11.8 Å². The van der Waals surface area contributed by atoms with Gasteiger partial charge in [-0.25, -0.2) is 0 Å². The molecule has 0 radical (unpaired) electrons. The Kier molecular flexibility index (Phi) is 6.88. The van der Waals surface area contributed by atoms with Gasteiger partial charge in [0.15, 0.2) is 0 Å². The van der Waals surface area contributed by atoms with Gasteiger partial charge in [-0.05, 0) is 63.7 Å². The van der Waals surface area contributed by atoms with E-state index >= 15 is 0 Å². The van der Waals surface area contributed by atoms with Gasteiger partial charge in [0.05, 0.1) is 11.5 Å². The van der Waals surface area contributed by atoms with Crippen molar-refractivity contribution >= 4 is 10.1 Å². The predicted molar refractivity (Wildman–Crippen MR) is 92.5 cm³/mol. The van der Waals surface area contributed by atoms with Crippen LogP contribution in [-0.4, -0.2) is 15.0 Å². The molecule has 4 heteroatoms. The standard InChI is InChI=1S/C19H24O3S/c1-17-12-14-19(15-13-17)23(20,21)22-16-8-4-2-3-5-9-18-10-6-7-11-18/h9,12-15H,2,4,6-8,10-11,16H2,1H3. The van der Waals surface area contributed by atoms with Crippen LogP contribution in [0.15, 0.2) is 40.8 Å². The molecule has 0 spiro atoms. The van der Waals surface area contributed by atoms with Crippen molar-refractivity contribution < 1.29 is 12.6 Å². The minimum Gasteiger partial charge on any atom is -0.266 e. The van der Waals surface area contributed by atoms with E-state index in [0.717, 1.165) is 18.4 Å². The van der Waals surface area contributed by atoms with E-state index in [9.17, 15) is 8.42 Å². The SMILES string of the molecule is Cc1ccc(S(=O)(=O)OCCCCC#CC=C2CCCC2)cc1. The number of unbranched alkanes of at least 4 members (excludes halogenated alkanes) is 2. The molecule has 0 amide bonds. The molecule has 0 bridgehead atoms. The summed E-state index contributed by atoms with van der Waals surface area (Å²) < 4.78 is 29.0. The second-order valence-electron chi connectivity index (χ2n) is 5.88. The highest BCUT2D eigenvalue weighted by Gasteiger charge is 2.14. The van der Waals surface area contributed by atoms with E-state index in [1.54, 1.807) is 24.3 Å². The van der Waals surface area contributed by atoms with Gasteiger partial charge in [-0.3, -0.25) is 4.18 Å². The third-order valence-electron chi connectivity index (χ3n) is 3.87. The minimum atomic E-state index is -3.63. The van der Waals surface area contributed by atoms with Gasteiger partial charge in [-0.2, -0.15) is 8.42 Å². The van der Waals surface area contributed by atoms with E-state index in [2.05, 4.69) is 11.8 Å². The second kappa shape index (κ2) is 8.90. The van der Waals surface area contributed by atoms with Crippen molar-refractivity contribution in [1.82, 2.24) is 0 Å². The van der Waals surface area contributed by atoms with E-state index in [1.807, 2.05) is 13.0 Å². The molecule has 1 aliphatic carbocycles. The first-order valence-corrected chi connectivity index (χ1v) is 9.61. The summed E-state index contributed by atoms with van der Waals surface area (Å²) in [5, 5.41) is 0. The smallest absolute Gasteiger partial charge is 0.266 e. The summed E-state index contributed by atoms with van der Waals surface area (Å²) in [6.45, 7) is 2.12. The van der Waals surface area contributed by atoms with Gasteiger partial charge in [0.2, 0.25) is 0 Å². The number of hydrogen-bond donors (Lipinski definition) is 0. The minimum absolute atomic E-state index is 0.207. The largest absolute Gasteiger partial charge is 0.296 e. The summed E-state index contributed by atoms with van der Waals surface area (Å²) >= 11 is 0. The quantitative estimate of drug-likeness (QED) is 0.441. The first-order chi connectivity index (χ1) is 11.1. The normalized spacial score (nSPS) is 14.4. The van der Waals surface area contributed by atoms with Crippen LogP contribution in [0.1, 0.15) is 50.5 Å². The van der Waals surface area contributed by atoms with Crippen LogP contribution in [0.4, 0.5) is 0 Å². The predicted octanol–water partition coefficient (Wildman–Crippen LogP) is 4.37. The van der Waals surface area contributed by atoms with Crippen LogP contribution in [0.5, 0.6) is 0 Å². The van der Waals surface area contributed by atoms with Gasteiger partial charge in [-0.1, -0.05) is 35.1 Å². The highest BCUT2D eigenvalue weighted by molar-refractivity contribution is 7.86. The fourth-order valence-corrected chi connectivity index (χ4v) is 3.40. The maximum absolute atomic E-state index is 12.0. The third-order valence-corrected chi connectivity index (χ3v) is 5.19. The molecular formula is C19H24O3S. The summed E-state index contributed by atoms with van der Waals surface area (Å²) in [6, 6.07) is 6.69. The average Bonchev–Trinajstić information content (AvgIpc) is 3.03. The van der Waals surface area contributed by atoms with Gasteiger partial charge in [-0.15, -0.1) is 0 Å². The van der Waals surface area contributed by atoms with Crippen molar-refractivity contribution in [3.05, 3.63) is 41.5 Å². The zero-order chi connectivity index (χ0) is 16.5. The van der Waals surface area contributed by atoms with Gasteiger partial charge in [0.25, 0.3) is 10.1 Å². The first-order valence-electron chi connectivity index (χ1n) is 8.20. The van der Waals surface area contributed by atoms with E-state index in [-0.39, 0.29) is 11.5 Å². The molecule has 1 aromatic carbocycles. The Bertz CT molecular complexity index is 680. The molecule has 1 fully saturated rings. The zero-order valence-corrected chi connectivity index (χ0v) is 14.5. The fraction of sp³-hybridized carbons (Fsp3) is 0.474. The number of allylic oxidation sites excluding steroid dienone is 2. The lowest BCUT2D eigenvalue weighted by Gasteiger charge is -2.05. The lowest BCUT2D eigenvalue weighted by atomic mass is 10.2. The van der Waals surface area contributed by atoms with Crippen molar-refractivity contribution in [1.29, 1.82) is 0 Å². The van der Waals surface area contributed by atoms with E-state index in [1.165, 1.54) is 31.3 Å². The molecule has 124 valence electrons. The van der Waals surface area contributed by atoms with Crippen molar-refractivity contribution in [2.45, 2.75) is 56.8 Å². The van der Waals surface area contributed by atoms with Crippen LogP contribution in [0.2, 0.25) is 0 Å². The van der Waals surface area contributed by atoms with Crippen LogP contribution in [0.3, 0.4) is 0 Å². The Balaban J connectivity index is 1.66. The van der Waals surface area contributed by atoms with Crippen molar-refractivity contribution in [2.24, 2.45) is 0 Å². The number of rotatable bonds is 6. The zero-order valence-electron chi connectivity index (χ0n) is 13.7. The number of hydrogen-bond acceptors (Lipinski definition) is 3. The molecule has 0 atom stereocenters. The molecule has 0 heterocycles. The molecule has 0 aliphatic heterocycles. The maximum Gasteiger partial charge on any atom is 0.296 e. The van der Waals surface area contributed by atoms with Crippen LogP contribution >= 0.6 is 0 Å². The molecule has 2 rings (SSSR count). The van der Waals surface area contributed by atoms with E-state index < -0.39 is 10.1 Å². The Morgan fingerprint density at radius 1 is 1.13 bits per heavy atom. The van der Waals surface area contributed by atoms with Crippen LogP contribution in [0.25, 0.3) is 0 Å². The molecule has 3 nitrogen and oxygen atoms in total. The van der Waals surface area contributed by atoms with Crippen LogP contribution < -0.4 is 0 Å². The van der Waals surface area contributed by atoms with Crippen molar-refractivity contribution in [3.63, 3.8) is 0 Å². The Morgan fingerprint density at radius 3 is 2.52 bits per heavy atom. The lowest BCUT2D eigenvalue weighted by Crippen LogP contribution is -2.07. The summed E-state index contributed by atoms with van der Waals surface area (Å²) in [5.74, 6) is 6.21. The average molecular weight is 332 g/mol. The molecule has 0 unspecified atom stereocenters. The highest BCUT2D eigenvalue weighted by atomic mass is 32.2. The summed E-state index contributed by atoms with van der Waals surface area (Å²) in [4.78, 5) is 0.214. The summed E-state index contributed by atoms with van der Waals surface area (Å²) in [7, 11) is -3.63. The molecule has 1 saturated carbocycles. The van der Waals surface area contributed by atoms with E-state index in [4.69, 9.17) is 4.18 Å².